The average Bonchev–Trinajstić information content (AvgIpc) is 2.19. The van der Waals surface area contributed by atoms with Gasteiger partial charge in [0.25, 0.3) is 0 Å². The molecule has 1 fully saturated rings. The zero-order chi connectivity index (χ0) is 12.6. The summed E-state index contributed by atoms with van der Waals surface area (Å²) >= 11 is 0. The molecule has 1 aromatic carbocycles. The van der Waals surface area contributed by atoms with Crippen molar-refractivity contribution in [2.24, 2.45) is 17.6 Å². The Morgan fingerprint density at radius 2 is 1.82 bits per heavy atom. The van der Waals surface area contributed by atoms with Gasteiger partial charge in [0, 0.05) is 11.1 Å². The summed E-state index contributed by atoms with van der Waals surface area (Å²) in [6.45, 7) is 6.41. The molecule has 2 N–H and O–H groups in total. The summed E-state index contributed by atoms with van der Waals surface area (Å²) in [7, 11) is 0. The van der Waals surface area contributed by atoms with Gasteiger partial charge in [0.05, 0.1) is 0 Å². The highest BCUT2D eigenvalue weighted by molar-refractivity contribution is 5.31. The van der Waals surface area contributed by atoms with Crippen molar-refractivity contribution in [2.75, 3.05) is 0 Å². The molecular weight excluding hydrogens is 213 g/mol. The molecule has 0 amide bonds. The van der Waals surface area contributed by atoms with Crippen molar-refractivity contribution < 1.29 is 4.39 Å². The summed E-state index contributed by atoms with van der Waals surface area (Å²) in [4.78, 5) is 0. The summed E-state index contributed by atoms with van der Waals surface area (Å²) in [6.07, 6.45) is 2.97. The van der Waals surface area contributed by atoms with Crippen LogP contribution >= 0.6 is 0 Å². The largest absolute Gasteiger partial charge is 0.321 e. The Hall–Kier alpha value is -0.890. The first kappa shape index (κ1) is 12.6. The first-order chi connectivity index (χ1) is 7.90. The molecule has 0 spiro atoms. The van der Waals surface area contributed by atoms with Crippen LogP contribution in [0.15, 0.2) is 18.2 Å². The van der Waals surface area contributed by atoms with Crippen LogP contribution in [0, 0.1) is 24.6 Å². The number of benzene rings is 1. The van der Waals surface area contributed by atoms with E-state index in [0.29, 0.717) is 17.4 Å². The van der Waals surface area contributed by atoms with Gasteiger partial charge in [-0.2, -0.15) is 0 Å². The van der Waals surface area contributed by atoms with Crippen molar-refractivity contribution in [2.45, 2.75) is 45.6 Å². The SMILES string of the molecule is Cc1ccc(F)c(C2(N)CC(C)CC(C)C2)c1. The molecule has 94 valence electrons. The molecule has 0 radical (unpaired) electrons. The van der Waals surface area contributed by atoms with Crippen molar-refractivity contribution in [3.63, 3.8) is 0 Å². The van der Waals surface area contributed by atoms with E-state index in [1.807, 2.05) is 13.0 Å². The van der Waals surface area contributed by atoms with Gasteiger partial charge in [0.2, 0.25) is 0 Å². The van der Waals surface area contributed by atoms with Gasteiger partial charge >= 0.3 is 0 Å². The predicted octanol–water partition coefficient (Wildman–Crippen LogP) is 3.74. The molecule has 1 aliphatic rings. The highest BCUT2D eigenvalue weighted by Gasteiger charge is 2.37. The van der Waals surface area contributed by atoms with Crippen LogP contribution in [0.5, 0.6) is 0 Å². The lowest BCUT2D eigenvalue weighted by Crippen LogP contribution is -2.44. The molecule has 1 saturated carbocycles. The van der Waals surface area contributed by atoms with Crippen molar-refractivity contribution >= 4 is 0 Å². The smallest absolute Gasteiger partial charge is 0.128 e. The van der Waals surface area contributed by atoms with Gasteiger partial charge in [-0.15, -0.1) is 0 Å². The van der Waals surface area contributed by atoms with Gasteiger partial charge in [-0.25, -0.2) is 4.39 Å². The average molecular weight is 235 g/mol. The van der Waals surface area contributed by atoms with E-state index in [9.17, 15) is 4.39 Å². The highest BCUT2D eigenvalue weighted by atomic mass is 19.1. The quantitative estimate of drug-likeness (QED) is 0.788. The minimum Gasteiger partial charge on any atom is -0.321 e. The van der Waals surface area contributed by atoms with Gasteiger partial charge in [0.15, 0.2) is 0 Å². The Morgan fingerprint density at radius 1 is 1.24 bits per heavy atom. The third-order valence-corrected chi connectivity index (χ3v) is 3.89. The maximum absolute atomic E-state index is 14.0. The second-order valence-electron chi connectivity index (χ2n) is 5.99. The summed E-state index contributed by atoms with van der Waals surface area (Å²) in [5, 5.41) is 0. The van der Waals surface area contributed by atoms with Gasteiger partial charge in [-0.1, -0.05) is 31.5 Å². The van der Waals surface area contributed by atoms with Crippen LogP contribution in [0.25, 0.3) is 0 Å². The maximum Gasteiger partial charge on any atom is 0.128 e. The second kappa shape index (κ2) is 4.41. The van der Waals surface area contributed by atoms with Crippen LogP contribution in [-0.2, 0) is 5.54 Å². The molecular formula is C15H22FN. The fraction of sp³-hybridized carbons (Fsp3) is 0.600. The third-order valence-electron chi connectivity index (χ3n) is 3.89. The molecule has 0 aromatic heterocycles. The fourth-order valence-electron chi connectivity index (χ4n) is 3.42. The summed E-state index contributed by atoms with van der Waals surface area (Å²) in [5.74, 6) is 0.992. The maximum atomic E-state index is 14.0. The zero-order valence-electron chi connectivity index (χ0n) is 11.0. The second-order valence-corrected chi connectivity index (χ2v) is 5.99. The summed E-state index contributed by atoms with van der Waals surface area (Å²) < 4.78 is 14.0. The Morgan fingerprint density at radius 3 is 2.41 bits per heavy atom. The number of rotatable bonds is 1. The molecule has 0 heterocycles. The molecule has 1 aromatic rings. The molecule has 2 heteroatoms. The van der Waals surface area contributed by atoms with Gasteiger partial charge in [-0.3, -0.25) is 0 Å². The van der Waals surface area contributed by atoms with Crippen molar-refractivity contribution in [3.8, 4) is 0 Å². The van der Waals surface area contributed by atoms with Crippen molar-refractivity contribution in [3.05, 3.63) is 35.1 Å². The summed E-state index contributed by atoms with van der Waals surface area (Å²) in [5.41, 5.74) is 7.80. The van der Waals surface area contributed by atoms with Crippen LogP contribution in [0.4, 0.5) is 4.39 Å². The van der Waals surface area contributed by atoms with Crippen molar-refractivity contribution in [1.82, 2.24) is 0 Å². The van der Waals surface area contributed by atoms with E-state index in [1.165, 1.54) is 6.42 Å². The third kappa shape index (κ3) is 2.52. The van der Waals surface area contributed by atoms with Crippen molar-refractivity contribution in [1.29, 1.82) is 0 Å². The molecule has 1 aliphatic carbocycles. The molecule has 2 unspecified atom stereocenters. The van der Waals surface area contributed by atoms with E-state index in [-0.39, 0.29) is 5.82 Å². The highest BCUT2D eigenvalue weighted by Crippen LogP contribution is 2.41. The minimum absolute atomic E-state index is 0.153. The van der Waals surface area contributed by atoms with E-state index >= 15 is 0 Å². The van der Waals surface area contributed by atoms with E-state index in [0.717, 1.165) is 18.4 Å². The first-order valence-corrected chi connectivity index (χ1v) is 6.46. The Kier molecular flexibility index (Phi) is 3.26. The van der Waals surface area contributed by atoms with Crippen LogP contribution in [0.2, 0.25) is 0 Å². The molecule has 0 saturated heterocycles. The van der Waals surface area contributed by atoms with E-state index in [4.69, 9.17) is 5.73 Å². The number of aryl methyl sites for hydroxylation is 1. The van der Waals surface area contributed by atoms with Gasteiger partial charge < -0.3 is 5.73 Å². The number of nitrogens with two attached hydrogens (primary N) is 1. The zero-order valence-corrected chi connectivity index (χ0v) is 11.0. The number of hydrogen-bond donors (Lipinski definition) is 1. The molecule has 1 nitrogen and oxygen atoms in total. The standard InChI is InChI=1S/C15H22FN/c1-10-4-5-14(16)13(7-10)15(17)8-11(2)6-12(3)9-15/h4-5,7,11-12H,6,8-9,17H2,1-3H3. The predicted molar refractivity (Wildman–Crippen MR) is 69.2 cm³/mol. The van der Waals surface area contributed by atoms with Gasteiger partial charge in [-0.05, 0) is 44.1 Å². The van der Waals surface area contributed by atoms with Crippen LogP contribution < -0.4 is 5.73 Å². The van der Waals surface area contributed by atoms with E-state index in [2.05, 4.69) is 13.8 Å². The summed E-state index contributed by atoms with van der Waals surface area (Å²) in [6, 6.07) is 5.27. The lowest BCUT2D eigenvalue weighted by molar-refractivity contribution is 0.179. The Labute approximate surface area is 103 Å². The normalized spacial score (nSPS) is 33.7. The lowest BCUT2D eigenvalue weighted by Gasteiger charge is -2.40. The van der Waals surface area contributed by atoms with E-state index < -0.39 is 5.54 Å². The molecule has 17 heavy (non-hydrogen) atoms. The molecule has 2 rings (SSSR count). The van der Waals surface area contributed by atoms with Gasteiger partial charge in [0.1, 0.15) is 5.82 Å². The minimum atomic E-state index is -0.479. The Balaban J connectivity index is 2.39. The molecule has 0 aliphatic heterocycles. The lowest BCUT2D eigenvalue weighted by atomic mass is 9.69. The number of halogens is 1. The topological polar surface area (TPSA) is 26.0 Å². The fourth-order valence-corrected chi connectivity index (χ4v) is 3.42. The first-order valence-electron chi connectivity index (χ1n) is 6.46. The van der Waals surface area contributed by atoms with Crippen LogP contribution in [-0.4, -0.2) is 0 Å². The van der Waals surface area contributed by atoms with E-state index in [1.54, 1.807) is 12.1 Å². The molecule has 2 atom stereocenters. The molecule has 0 bridgehead atoms. The number of hydrogen-bond acceptors (Lipinski definition) is 1. The monoisotopic (exact) mass is 235 g/mol. The van der Waals surface area contributed by atoms with Crippen LogP contribution in [0.1, 0.15) is 44.2 Å². The Bertz CT molecular complexity index is 403. The van der Waals surface area contributed by atoms with Crippen LogP contribution in [0.3, 0.4) is 0 Å².